The van der Waals surface area contributed by atoms with Gasteiger partial charge in [0.05, 0.1) is 0 Å². The molecular formula is C16H19NO2. The molecule has 3 nitrogen and oxygen atoms in total. The summed E-state index contributed by atoms with van der Waals surface area (Å²) in [6.45, 7) is 2.10. The normalized spacial score (nSPS) is 23.5. The first-order valence-electron chi connectivity index (χ1n) is 7.09. The van der Waals surface area contributed by atoms with Crippen molar-refractivity contribution >= 4 is 17.4 Å². The number of hydrogen-bond acceptors (Lipinski definition) is 2. The van der Waals surface area contributed by atoms with E-state index >= 15 is 0 Å². The molecule has 1 saturated carbocycles. The first kappa shape index (κ1) is 12.4. The fourth-order valence-electron chi connectivity index (χ4n) is 3.28. The molecule has 100 valence electrons. The Labute approximate surface area is 113 Å². The number of hydrogen-bond donors (Lipinski definition) is 0. The van der Waals surface area contributed by atoms with Crippen molar-refractivity contribution in [2.75, 3.05) is 4.90 Å². The van der Waals surface area contributed by atoms with Crippen LogP contribution in [0.15, 0.2) is 24.3 Å². The molecule has 1 heterocycles. The van der Waals surface area contributed by atoms with Crippen molar-refractivity contribution in [3.63, 3.8) is 0 Å². The lowest BCUT2D eigenvalue weighted by Crippen LogP contribution is -2.41. The second-order valence-electron chi connectivity index (χ2n) is 5.70. The van der Waals surface area contributed by atoms with Crippen LogP contribution in [0.5, 0.6) is 0 Å². The van der Waals surface area contributed by atoms with E-state index in [1.165, 1.54) is 5.56 Å². The maximum atomic E-state index is 12.7. The molecule has 1 aromatic rings. The summed E-state index contributed by atoms with van der Waals surface area (Å²) < 4.78 is 0. The Bertz CT molecular complexity index is 513. The average Bonchev–Trinajstić information content (AvgIpc) is 2.74. The predicted molar refractivity (Wildman–Crippen MR) is 74.1 cm³/mol. The van der Waals surface area contributed by atoms with Gasteiger partial charge in [-0.2, -0.15) is 0 Å². The first-order valence-corrected chi connectivity index (χ1v) is 7.09. The smallest absolute Gasteiger partial charge is 0.230 e. The molecule has 3 heteroatoms. The minimum absolute atomic E-state index is 0.0336. The second-order valence-corrected chi connectivity index (χ2v) is 5.70. The number of carbonyl (C=O) groups excluding carboxylic acids is 2. The van der Waals surface area contributed by atoms with Crippen LogP contribution in [0, 0.1) is 5.92 Å². The molecule has 1 fully saturated rings. The zero-order valence-corrected chi connectivity index (χ0v) is 11.3. The van der Waals surface area contributed by atoms with Crippen LogP contribution < -0.4 is 4.90 Å². The molecule has 0 N–H and O–H groups in total. The molecule has 1 aliphatic carbocycles. The number of amides is 1. The number of anilines is 1. The number of benzene rings is 1. The van der Waals surface area contributed by atoms with Crippen molar-refractivity contribution in [2.45, 2.75) is 45.1 Å². The van der Waals surface area contributed by atoms with E-state index in [9.17, 15) is 9.59 Å². The molecule has 19 heavy (non-hydrogen) atoms. The number of fused-ring (bicyclic) bond motifs is 1. The lowest BCUT2D eigenvalue weighted by atomic mass is 9.87. The van der Waals surface area contributed by atoms with Crippen LogP contribution in [0.3, 0.4) is 0 Å². The van der Waals surface area contributed by atoms with Crippen molar-refractivity contribution in [1.82, 2.24) is 0 Å². The highest BCUT2D eigenvalue weighted by atomic mass is 16.2. The summed E-state index contributed by atoms with van der Waals surface area (Å²) in [5.41, 5.74) is 2.33. The molecule has 0 bridgehead atoms. The van der Waals surface area contributed by atoms with Gasteiger partial charge in [0.15, 0.2) is 0 Å². The Kier molecular flexibility index (Phi) is 3.13. The Morgan fingerprint density at radius 1 is 1.21 bits per heavy atom. The van der Waals surface area contributed by atoms with Crippen molar-refractivity contribution in [1.29, 1.82) is 0 Å². The van der Waals surface area contributed by atoms with Crippen LogP contribution in [-0.2, 0) is 16.0 Å². The van der Waals surface area contributed by atoms with Gasteiger partial charge in [-0.1, -0.05) is 18.2 Å². The van der Waals surface area contributed by atoms with Crippen LogP contribution in [-0.4, -0.2) is 17.7 Å². The topological polar surface area (TPSA) is 37.4 Å². The summed E-state index contributed by atoms with van der Waals surface area (Å²) in [4.78, 5) is 25.9. The van der Waals surface area contributed by atoms with Crippen molar-refractivity contribution in [3.05, 3.63) is 29.8 Å². The van der Waals surface area contributed by atoms with Crippen molar-refractivity contribution in [3.8, 4) is 0 Å². The van der Waals surface area contributed by atoms with Crippen LogP contribution >= 0.6 is 0 Å². The maximum absolute atomic E-state index is 12.7. The molecular weight excluding hydrogens is 238 g/mol. The van der Waals surface area contributed by atoms with Gasteiger partial charge in [0.25, 0.3) is 0 Å². The highest BCUT2D eigenvalue weighted by Crippen LogP contribution is 2.35. The molecule has 0 spiro atoms. The maximum Gasteiger partial charge on any atom is 0.230 e. The molecule has 1 atom stereocenters. The molecule has 3 rings (SSSR count). The zero-order valence-electron chi connectivity index (χ0n) is 11.3. The van der Waals surface area contributed by atoms with Gasteiger partial charge in [0.2, 0.25) is 5.91 Å². The van der Waals surface area contributed by atoms with Gasteiger partial charge >= 0.3 is 0 Å². The van der Waals surface area contributed by atoms with Crippen LogP contribution in [0.4, 0.5) is 5.69 Å². The summed E-state index contributed by atoms with van der Waals surface area (Å²) in [5, 5.41) is 0. The van der Waals surface area contributed by atoms with Crippen LogP contribution in [0.2, 0.25) is 0 Å². The number of carbonyl (C=O) groups is 2. The van der Waals surface area contributed by atoms with Gasteiger partial charge in [-0.3, -0.25) is 9.59 Å². The summed E-state index contributed by atoms with van der Waals surface area (Å²) in [5.74, 6) is 0.551. The lowest BCUT2D eigenvalue weighted by Gasteiger charge is -2.29. The fourth-order valence-corrected chi connectivity index (χ4v) is 3.28. The number of Topliss-reactive ketones (excluding diaryl/α,β-unsaturated/α-hetero) is 1. The van der Waals surface area contributed by atoms with E-state index in [1.807, 2.05) is 23.1 Å². The van der Waals surface area contributed by atoms with Crippen molar-refractivity contribution < 1.29 is 9.59 Å². The molecule has 0 aromatic heterocycles. The Morgan fingerprint density at radius 3 is 2.63 bits per heavy atom. The summed E-state index contributed by atoms with van der Waals surface area (Å²) in [6, 6.07) is 8.39. The average molecular weight is 257 g/mol. The second kappa shape index (κ2) is 4.80. The Balaban J connectivity index is 1.82. The van der Waals surface area contributed by atoms with E-state index in [1.54, 1.807) is 0 Å². The van der Waals surface area contributed by atoms with E-state index in [2.05, 4.69) is 13.0 Å². The van der Waals surface area contributed by atoms with E-state index in [0.29, 0.717) is 18.6 Å². The van der Waals surface area contributed by atoms with E-state index in [-0.39, 0.29) is 17.9 Å². The Morgan fingerprint density at radius 2 is 1.89 bits per heavy atom. The van der Waals surface area contributed by atoms with Gasteiger partial charge in [-0.25, -0.2) is 0 Å². The van der Waals surface area contributed by atoms with Gasteiger partial charge in [0.1, 0.15) is 5.78 Å². The third kappa shape index (κ3) is 2.18. The largest absolute Gasteiger partial charge is 0.309 e. The molecule has 0 saturated heterocycles. The monoisotopic (exact) mass is 257 g/mol. The van der Waals surface area contributed by atoms with Crippen LogP contribution in [0.25, 0.3) is 0 Å². The fraction of sp³-hybridized carbons (Fsp3) is 0.500. The number of rotatable bonds is 1. The van der Waals surface area contributed by atoms with Gasteiger partial charge in [-0.05, 0) is 37.8 Å². The van der Waals surface area contributed by atoms with Crippen LogP contribution in [0.1, 0.15) is 38.2 Å². The van der Waals surface area contributed by atoms with Gasteiger partial charge < -0.3 is 4.90 Å². The molecule has 1 amide bonds. The molecule has 0 radical (unpaired) electrons. The minimum atomic E-state index is 0.0336. The van der Waals surface area contributed by atoms with Crippen molar-refractivity contribution in [2.24, 2.45) is 5.92 Å². The third-order valence-corrected chi connectivity index (χ3v) is 4.34. The predicted octanol–water partition coefficient (Wildman–Crippen LogP) is 2.72. The number of nitrogens with zero attached hydrogens (tertiary/aromatic N) is 1. The lowest BCUT2D eigenvalue weighted by molar-refractivity contribution is -0.126. The summed E-state index contributed by atoms with van der Waals surface area (Å²) in [6.07, 6.45) is 3.53. The van der Waals surface area contributed by atoms with Gasteiger partial charge in [-0.15, -0.1) is 0 Å². The quantitative estimate of drug-likeness (QED) is 0.775. The Hall–Kier alpha value is -1.64. The molecule has 1 aliphatic heterocycles. The SMILES string of the molecule is C[C@H]1Cc2ccccc2N1C(=O)C1CCC(=O)CC1. The van der Waals surface area contributed by atoms with E-state index in [0.717, 1.165) is 24.9 Å². The minimum Gasteiger partial charge on any atom is -0.309 e. The highest BCUT2D eigenvalue weighted by molar-refractivity contribution is 5.98. The number of ketones is 1. The highest BCUT2D eigenvalue weighted by Gasteiger charge is 2.35. The third-order valence-electron chi connectivity index (χ3n) is 4.34. The van der Waals surface area contributed by atoms with E-state index < -0.39 is 0 Å². The van der Waals surface area contributed by atoms with E-state index in [4.69, 9.17) is 0 Å². The first-order chi connectivity index (χ1) is 9.16. The molecule has 2 aliphatic rings. The molecule has 1 aromatic carbocycles. The zero-order chi connectivity index (χ0) is 13.4. The summed E-state index contributed by atoms with van der Waals surface area (Å²) in [7, 11) is 0. The van der Waals surface area contributed by atoms with Gasteiger partial charge in [0, 0.05) is 30.5 Å². The standard InChI is InChI=1S/C16H19NO2/c1-11-10-13-4-2-3-5-15(13)17(11)16(19)12-6-8-14(18)9-7-12/h2-5,11-12H,6-10H2,1H3/t11-/m0/s1. The summed E-state index contributed by atoms with van der Waals surface area (Å²) >= 11 is 0. The molecule has 0 unspecified atom stereocenters. The number of para-hydroxylation sites is 1.